The molecule has 0 spiro atoms. The smallest absolute Gasteiger partial charge is 0.475 e. The maximum atomic E-state index is 15.8. The van der Waals surface area contributed by atoms with Crippen molar-refractivity contribution < 1.29 is 36.4 Å². The van der Waals surface area contributed by atoms with E-state index in [1.165, 1.54) is 6.33 Å². The SMILES string of the molecule is CCOc1nc(N)nc2c1ncn2[C@@H]1O[C@]2(F)COP(=O)(OCC)O[C@H]2[C@@]1(C)F. The van der Waals surface area contributed by atoms with Crippen LogP contribution in [0.5, 0.6) is 5.88 Å². The van der Waals surface area contributed by atoms with Crippen LogP contribution < -0.4 is 10.5 Å². The van der Waals surface area contributed by atoms with Crippen LogP contribution in [0.15, 0.2) is 6.33 Å². The van der Waals surface area contributed by atoms with Crippen LogP contribution in [0, 0.1) is 0 Å². The van der Waals surface area contributed by atoms with Crippen molar-refractivity contribution in [3.63, 3.8) is 0 Å². The van der Waals surface area contributed by atoms with Gasteiger partial charge in [0.1, 0.15) is 6.61 Å². The van der Waals surface area contributed by atoms with E-state index >= 15 is 8.78 Å². The summed E-state index contributed by atoms with van der Waals surface area (Å²) in [4.78, 5) is 12.1. The van der Waals surface area contributed by atoms with Crippen molar-refractivity contribution in [1.29, 1.82) is 0 Å². The Morgan fingerprint density at radius 3 is 2.83 bits per heavy atom. The lowest BCUT2D eigenvalue weighted by Gasteiger charge is -2.36. The van der Waals surface area contributed by atoms with Crippen molar-refractivity contribution in [2.24, 2.45) is 0 Å². The molecule has 4 rings (SSSR count). The molecule has 11 nitrogen and oxygen atoms in total. The highest BCUT2D eigenvalue weighted by atomic mass is 31.2. The third-order valence-corrected chi connectivity index (χ3v) is 6.07. The number of anilines is 1. The number of nitrogens with two attached hydrogens (primary N) is 1. The predicted molar refractivity (Wildman–Crippen MR) is 94.4 cm³/mol. The molecule has 0 bridgehead atoms. The first kappa shape index (κ1) is 20.4. The molecular formula is C15H20F2N5O6P. The topological polar surface area (TPSA) is 133 Å². The number of ether oxygens (including phenoxy) is 2. The number of nitrogen functional groups attached to an aromatic ring is 1. The van der Waals surface area contributed by atoms with Crippen molar-refractivity contribution in [1.82, 2.24) is 19.5 Å². The zero-order chi connectivity index (χ0) is 21.0. The molecule has 2 fully saturated rings. The molecule has 2 N–H and O–H groups in total. The van der Waals surface area contributed by atoms with Crippen LogP contribution >= 0.6 is 7.82 Å². The third-order valence-electron chi connectivity index (χ3n) is 4.58. The molecule has 2 aliphatic rings. The molecule has 2 aliphatic heterocycles. The van der Waals surface area contributed by atoms with Gasteiger partial charge in [0.05, 0.1) is 19.5 Å². The first-order valence-corrected chi connectivity index (χ1v) is 10.4. The molecule has 29 heavy (non-hydrogen) atoms. The standard InChI is InChI=1S/C15H20F2N5O6P/c1-4-24-10-8-9(20-13(18)21-10)22(7-19-8)12-14(3,16)11-15(17,27-12)6-26-29(23,28-11)25-5-2/h7,11-12H,4-6H2,1-3H3,(H2,18,20,21)/t11-,12+,14+,15+,29?/m0/s1. The van der Waals surface area contributed by atoms with Crippen LogP contribution in [-0.4, -0.2) is 57.0 Å². The maximum absolute atomic E-state index is 15.8. The number of imidazole rings is 1. The Bertz CT molecular complexity index is 990. The van der Waals surface area contributed by atoms with E-state index in [-0.39, 0.29) is 36.2 Å². The molecule has 14 heteroatoms. The summed E-state index contributed by atoms with van der Waals surface area (Å²) in [5, 5.41) is 0. The Balaban J connectivity index is 1.76. The lowest BCUT2D eigenvalue weighted by molar-refractivity contribution is -0.219. The number of phosphoric ester groups is 1. The Morgan fingerprint density at radius 2 is 2.14 bits per heavy atom. The molecule has 0 amide bonds. The summed E-state index contributed by atoms with van der Waals surface area (Å²) in [7, 11) is -4.13. The Morgan fingerprint density at radius 1 is 1.38 bits per heavy atom. The third kappa shape index (κ3) is 3.17. The fraction of sp³-hybridized carbons (Fsp3) is 0.667. The summed E-state index contributed by atoms with van der Waals surface area (Å²) in [6, 6.07) is 0. The van der Waals surface area contributed by atoms with Crippen LogP contribution in [0.4, 0.5) is 14.7 Å². The quantitative estimate of drug-likeness (QED) is 0.698. The summed E-state index contributed by atoms with van der Waals surface area (Å²) in [6.45, 7) is 3.77. The minimum Gasteiger partial charge on any atom is -0.476 e. The van der Waals surface area contributed by atoms with Crippen molar-refractivity contribution in [3.8, 4) is 5.88 Å². The molecule has 160 valence electrons. The zero-order valence-electron chi connectivity index (χ0n) is 15.9. The summed E-state index contributed by atoms with van der Waals surface area (Å²) in [5.74, 6) is -2.76. The fourth-order valence-electron chi connectivity index (χ4n) is 3.40. The van der Waals surface area contributed by atoms with Crippen molar-refractivity contribution in [3.05, 3.63) is 6.33 Å². The number of rotatable bonds is 5. The molecule has 5 atom stereocenters. The second-order valence-corrected chi connectivity index (χ2v) is 8.30. The Hall–Kier alpha value is -1.92. The average Bonchev–Trinajstić information content (AvgIpc) is 3.14. The van der Waals surface area contributed by atoms with Gasteiger partial charge in [-0.05, 0) is 20.8 Å². The van der Waals surface area contributed by atoms with E-state index in [1.54, 1.807) is 13.8 Å². The highest BCUT2D eigenvalue weighted by Crippen LogP contribution is 2.63. The van der Waals surface area contributed by atoms with Crippen LogP contribution in [0.3, 0.4) is 0 Å². The minimum atomic E-state index is -4.13. The molecular weight excluding hydrogens is 415 g/mol. The average molecular weight is 435 g/mol. The zero-order valence-corrected chi connectivity index (χ0v) is 16.8. The van der Waals surface area contributed by atoms with Gasteiger partial charge in [-0.3, -0.25) is 18.1 Å². The van der Waals surface area contributed by atoms with E-state index in [1.807, 2.05) is 0 Å². The number of aromatic nitrogens is 4. The van der Waals surface area contributed by atoms with E-state index in [0.717, 1.165) is 11.5 Å². The first-order valence-electron chi connectivity index (χ1n) is 8.89. The lowest BCUT2D eigenvalue weighted by Crippen LogP contribution is -2.50. The molecule has 0 saturated carbocycles. The van der Waals surface area contributed by atoms with E-state index in [9.17, 15) is 4.57 Å². The molecule has 2 saturated heterocycles. The van der Waals surface area contributed by atoms with Crippen LogP contribution in [0.1, 0.15) is 27.0 Å². The van der Waals surface area contributed by atoms with Gasteiger partial charge in [-0.15, -0.1) is 0 Å². The largest absolute Gasteiger partial charge is 0.476 e. The van der Waals surface area contributed by atoms with Gasteiger partial charge in [0.2, 0.25) is 11.8 Å². The number of nitrogens with zero attached hydrogens (tertiary/aromatic N) is 4. The fourth-order valence-corrected chi connectivity index (χ4v) is 4.87. The highest BCUT2D eigenvalue weighted by molar-refractivity contribution is 7.48. The molecule has 1 unspecified atom stereocenters. The monoisotopic (exact) mass is 435 g/mol. The van der Waals surface area contributed by atoms with Gasteiger partial charge in [0.15, 0.2) is 29.2 Å². The maximum Gasteiger partial charge on any atom is 0.475 e. The molecule has 2 aromatic rings. The lowest BCUT2D eigenvalue weighted by atomic mass is 9.97. The summed E-state index contributed by atoms with van der Waals surface area (Å²) >= 11 is 0. The molecule has 0 radical (unpaired) electrons. The van der Waals surface area contributed by atoms with Gasteiger partial charge in [0, 0.05) is 0 Å². The number of phosphoric acid groups is 1. The number of halogens is 2. The first-order chi connectivity index (χ1) is 13.6. The van der Waals surface area contributed by atoms with Gasteiger partial charge >= 0.3 is 7.82 Å². The van der Waals surface area contributed by atoms with Crippen LogP contribution in [0.2, 0.25) is 0 Å². The molecule has 4 heterocycles. The van der Waals surface area contributed by atoms with Crippen molar-refractivity contribution in [2.75, 3.05) is 25.6 Å². The summed E-state index contributed by atoms with van der Waals surface area (Å²) < 4.78 is 70.4. The van der Waals surface area contributed by atoms with Gasteiger partial charge in [-0.1, -0.05) is 0 Å². The molecule has 0 aromatic carbocycles. The van der Waals surface area contributed by atoms with Gasteiger partial charge in [-0.25, -0.2) is 18.3 Å². The number of hydrogen-bond donors (Lipinski definition) is 1. The number of hydrogen-bond acceptors (Lipinski definition) is 10. The van der Waals surface area contributed by atoms with Gasteiger partial charge in [-0.2, -0.15) is 9.97 Å². The van der Waals surface area contributed by atoms with E-state index in [4.69, 9.17) is 28.8 Å². The van der Waals surface area contributed by atoms with Gasteiger partial charge in [0.25, 0.3) is 5.85 Å². The number of fused-ring (bicyclic) bond motifs is 2. The minimum absolute atomic E-state index is 0.0286. The van der Waals surface area contributed by atoms with Crippen LogP contribution in [-0.2, 0) is 22.9 Å². The second-order valence-electron chi connectivity index (χ2n) is 6.68. The van der Waals surface area contributed by atoms with E-state index in [2.05, 4.69) is 15.0 Å². The second kappa shape index (κ2) is 6.81. The van der Waals surface area contributed by atoms with Crippen LogP contribution in [0.25, 0.3) is 11.2 Å². The normalized spacial score (nSPS) is 37.0. The van der Waals surface area contributed by atoms with Crippen molar-refractivity contribution in [2.45, 2.75) is 44.6 Å². The van der Waals surface area contributed by atoms with Gasteiger partial charge < -0.3 is 15.2 Å². The summed E-state index contributed by atoms with van der Waals surface area (Å²) in [6.07, 6.45) is -2.26. The predicted octanol–water partition coefficient (Wildman–Crippen LogP) is 2.29. The van der Waals surface area contributed by atoms with Crippen molar-refractivity contribution >= 4 is 24.9 Å². The summed E-state index contributed by atoms with van der Waals surface area (Å²) in [5.41, 5.74) is 3.49. The highest BCUT2D eigenvalue weighted by Gasteiger charge is 2.70. The Kier molecular flexibility index (Phi) is 4.78. The molecule has 2 aromatic heterocycles. The number of alkyl halides is 2. The van der Waals surface area contributed by atoms with E-state index in [0.29, 0.717) is 0 Å². The molecule has 0 aliphatic carbocycles. The van der Waals surface area contributed by atoms with E-state index < -0.39 is 38.3 Å². The Labute approximate surface area is 164 Å².